The molecule has 2 amide bonds. The largest absolute Gasteiger partial charge is 0.468 e. The summed E-state index contributed by atoms with van der Waals surface area (Å²) >= 11 is 1.89. The predicted octanol–water partition coefficient (Wildman–Crippen LogP) is 3.41. The van der Waals surface area contributed by atoms with E-state index in [0.29, 0.717) is 11.3 Å². The van der Waals surface area contributed by atoms with Crippen LogP contribution in [0.15, 0.2) is 22.8 Å². The SMILES string of the molecule is O=C(NC1CCCC1)N1CCS[C@@H](c2ccco2)CC1. The number of urea groups is 1. The summed E-state index contributed by atoms with van der Waals surface area (Å²) in [5.74, 6) is 2.01. The summed E-state index contributed by atoms with van der Waals surface area (Å²) in [6.07, 6.45) is 7.48. The van der Waals surface area contributed by atoms with Crippen LogP contribution in [0.4, 0.5) is 4.79 Å². The summed E-state index contributed by atoms with van der Waals surface area (Å²) in [7, 11) is 0. The molecule has 1 saturated carbocycles. The molecule has 2 aliphatic rings. The monoisotopic (exact) mass is 294 g/mol. The fourth-order valence-electron chi connectivity index (χ4n) is 3.01. The van der Waals surface area contributed by atoms with Gasteiger partial charge >= 0.3 is 6.03 Å². The van der Waals surface area contributed by atoms with Crippen LogP contribution in [-0.2, 0) is 0 Å². The molecule has 0 unspecified atom stereocenters. The molecule has 0 spiro atoms. The van der Waals surface area contributed by atoms with Crippen LogP contribution in [0.1, 0.15) is 43.1 Å². The second-order valence-corrected chi connectivity index (χ2v) is 6.89. The van der Waals surface area contributed by atoms with Gasteiger partial charge in [-0.1, -0.05) is 12.8 Å². The van der Waals surface area contributed by atoms with Crippen molar-refractivity contribution in [3.63, 3.8) is 0 Å². The Hall–Kier alpha value is -1.10. The molecule has 5 heteroatoms. The first-order valence-corrected chi connectivity index (χ1v) is 8.58. The van der Waals surface area contributed by atoms with Crippen molar-refractivity contribution in [2.45, 2.75) is 43.4 Å². The van der Waals surface area contributed by atoms with Crippen LogP contribution in [0.25, 0.3) is 0 Å². The minimum absolute atomic E-state index is 0.123. The number of nitrogens with one attached hydrogen (secondary N) is 1. The molecule has 2 fully saturated rings. The highest BCUT2D eigenvalue weighted by Crippen LogP contribution is 2.34. The zero-order valence-corrected chi connectivity index (χ0v) is 12.5. The van der Waals surface area contributed by atoms with Crippen molar-refractivity contribution in [2.24, 2.45) is 0 Å². The van der Waals surface area contributed by atoms with Gasteiger partial charge in [0.25, 0.3) is 0 Å². The summed E-state index contributed by atoms with van der Waals surface area (Å²) < 4.78 is 5.49. The first-order valence-electron chi connectivity index (χ1n) is 7.53. The minimum atomic E-state index is 0.123. The van der Waals surface area contributed by atoms with Crippen LogP contribution >= 0.6 is 11.8 Å². The molecule has 3 rings (SSSR count). The maximum absolute atomic E-state index is 12.3. The van der Waals surface area contributed by atoms with Crippen molar-refractivity contribution in [1.82, 2.24) is 10.2 Å². The lowest BCUT2D eigenvalue weighted by molar-refractivity contribution is 0.197. The predicted molar refractivity (Wildman–Crippen MR) is 80.9 cm³/mol. The smallest absolute Gasteiger partial charge is 0.317 e. The van der Waals surface area contributed by atoms with E-state index in [1.807, 2.05) is 28.8 Å². The van der Waals surface area contributed by atoms with Crippen LogP contribution < -0.4 is 5.32 Å². The van der Waals surface area contributed by atoms with E-state index in [0.717, 1.165) is 43.9 Å². The van der Waals surface area contributed by atoms with Gasteiger partial charge in [-0.3, -0.25) is 0 Å². The van der Waals surface area contributed by atoms with Crippen molar-refractivity contribution in [3.8, 4) is 0 Å². The second kappa shape index (κ2) is 6.57. The molecule has 1 atom stereocenters. The van der Waals surface area contributed by atoms with Gasteiger partial charge in [-0.05, 0) is 31.4 Å². The van der Waals surface area contributed by atoms with E-state index in [-0.39, 0.29) is 6.03 Å². The van der Waals surface area contributed by atoms with E-state index in [1.165, 1.54) is 12.8 Å². The van der Waals surface area contributed by atoms with E-state index < -0.39 is 0 Å². The van der Waals surface area contributed by atoms with Crippen molar-refractivity contribution in [2.75, 3.05) is 18.8 Å². The Bertz CT molecular complexity index is 429. The Labute approximate surface area is 124 Å². The third-order valence-corrected chi connectivity index (χ3v) is 5.46. The van der Waals surface area contributed by atoms with Crippen LogP contribution in [0.3, 0.4) is 0 Å². The lowest BCUT2D eigenvalue weighted by Gasteiger charge is -2.23. The van der Waals surface area contributed by atoms with E-state index in [9.17, 15) is 4.79 Å². The molecule has 1 aliphatic carbocycles. The average molecular weight is 294 g/mol. The maximum Gasteiger partial charge on any atom is 0.317 e. The van der Waals surface area contributed by atoms with E-state index in [4.69, 9.17) is 4.42 Å². The molecule has 20 heavy (non-hydrogen) atoms. The Morgan fingerprint density at radius 1 is 1.30 bits per heavy atom. The number of carbonyl (C=O) groups excluding carboxylic acids is 1. The van der Waals surface area contributed by atoms with Crippen LogP contribution in [0, 0.1) is 0 Å². The van der Waals surface area contributed by atoms with Crippen LogP contribution in [0.2, 0.25) is 0 Å². The highest BCUT2D eigenvalue weighted by molar-refractivity contribution is 7.99. The molecule has 1 N–H and O–H groups in total. The minimum Gasteiger partial charge on any atom is -0.468 e. The third-order valence-electron chi connectivity index (χ3n) is 4.17. The van der Waals surface area contributed by atoms with Crippen molar-refractivity contribution in [1.29, 1.82) is 0 Å². The molecule has 1 aromatic rings. The summed E-state index contributed by atoms with van der Waals surface area (Å²) in [6.45, 7) is 1.65. The van der Waals surface area contributed by atoms with Gasteiger partial charge in [-0.15, -0.1) is 11.8 Å². The fraction of sp³-hybridized carbons (Fsp3) is 0.667. The van der Waals surface area contributed by atoms with Crippen LogP contribution in [0.5, 0.6) is 0 Å². The van der Waals surface area contributed by atoms with E-state index in [2.05, 4.69) is 5.32 Å². The molecular weight excluding hydrogens is 272 g/mol. The number of thioether (sulfide) groups is 1. The highest BCUT2D eigenvalue weighted by Gasteiger charge is 2.25. The van der Waals surface area contributed by atoms with Gasteiger partial charge in [-0.2, -0.15) is 0 Å². The number of hydrogen-bond acceptors (Lipinski definition) is 3. The van der Waals surface area contributed by atoms with Crippen molar-refractivity contribution >= 4 is 17.8 Å². The normalized spacial score (nSPS) is 24.6. The molecule has 0 aromatic carbocycles. The van der Waals surface area contributed by atoms with Gasteiger partial charge in [0, 0.05) is 24.9 Å². The summed E-state index contributed by atoms with van der Waals surface area (Å²) in [5, 5.41) is 3.56. The van der Waals surface area contributed by atoms with Gasteiger partial charge in [0.1, 0.15) is 5.76 Å². The Kier molecular flexibility index (Phi) is 4.55. The Balaban J connectivity index is 1.52. The zero-order chi connectivity index (χ0) is 13.8. The molecule has 4 nitrogen and oxygen atoms in total. The first kappa shape index (κ1) is 13.9. The quantitative estimate of drug-likeness (QED) is 0.909. The number of rotatable bonds is 2. The first-order chi connectivity index (χ1) is 9.83. The summed E-state index contributed by atoms with van der Waals surface area (Å²) in [5.41, 5.74) is 0. The van der Waals surface area contributed by atoms with Gasteiger partial charge in [0.05, 0.1) is 11.5 Å². The standard InChI is InChI=1S/C15H22N2O2S/c18-15(16-12-4-1-2-5-12)17-8-7-14(20-11-9-17)13-6-3-10-19-13/h3,6,10,12,14H,1-2,4-5,7-9,11H2,(H,16,18)/t14-/m1/s1. The number of hydrogen-bond donors (Lipinski definition) is 1. The Morgan fingerprint density at radius 3 is 2.90 bits per heavy atom. The number of carbonyl (C=O) groups is 1. The maximum atomic E-state index is 12.3. The van der Waals surface area contributed by atoms with Gasteiger partial charge in [-0.25, -0.2) is 4.79 Å². The molecule has 1 aliphatic heterocycles. The molecule has 110 valence electrons. The molecule has 2 heterocycles. The molecular formula is C15H22N2O2S. The number of amides is 2. The average Bonchev–Trinajstić information content (AvgIpc) is 3.09. The van der Waals surface area contributed by atoms with Crippen molar-refractivity contribution < 1.29 is 9.21 Å². The lowest BCUT2D eigenvalue weighted by Crippen LogP contribution is -2.44. The number of nitrogens with zero attached hydrogens (tertiary/aromatic N) is 1. The van der Waals surface area contributed by atoms with Gasteiger partial charge < -0.3 is 14.6 Å². The van der Waals surface area contributed by atoms with Gasteiger partial charge in [0.2, 0.25) is 0 Å². The molecule has 1 saturated heterocycles. The highest BCUT2D eigenvalue weighted by atomic mass is 32.2. The fourth-order valence-corrected chi connectivity index (χ4v) is 4.19. The molecule has 0 radical (unpaired) electrons. The van der Waals surface area contributed by atoms with E-state index >= 15 is 0 Å². The van der Waals surface area contributed by atoms with E-state index in [1.54, 1.807) is 6.26 Å². The summed E-state index contributed by atoms with van der Waals surface area (Å²) in [4.78, 5) is 14.2. The third kappa shape index (κ3) is 3.32. The van der Waals surface area contributed by atoms with Crippen LogP contribution in [-0.4, -0.2) is 35.8 Å². The molecule has 0 bridgehead atoms. The zero-order valence-electron chi connectivity index (χ0n) is 11.7. The Morgan fingerprint density at radius 2 is 2.15 bits per heavy atom. The molecule has 1 aromatic heterocycles. The number of furan rings is 1. The lowest BCUT2D eigenvalue weighted by atomic mass is 10.2. The van der Waals surface area contributed by atoms with Gasteiger partial charge in [0.15, 0.2) is 0 Å². The summed E-state index contributed by atoms with van der Waals surface area (Å²) in [6, 6.07) is 4.49. The van der Waals surface area contributed by atoms with Crippen molar-refractivity contribution in [3.05, 3.63) is 24.2 Å². The second-order valence-electron chi connectivity index (χ2n) is 5.58. The topological polar surface area (TPSA) is 45.5 Å².